The van der Waals surface area contributed by atoms with E-state index in [1.807, 2.05) is 32.0 Å². The molecule has 1 rings (SSSR count). The van der Waals surface area contributed by atoms with Gasteiger partial charge in [0.2, 0.25) is 0 Å². The lowest BCUT2D eigenvalue weighted by molar-refractivity contribution is 0.291. The Morgan fingerprint density at radius 1 is 1.41 bits per heavy atom. The summed E-state index contributed by atoms with van der Waals surface area (Å²) in [6, 6.07) is 5.71. The first-order chi connectivity index (χ1) is 8.22. The van der Waals surface area contributed by atoms with E-state index in [1.54, 1.807) is 0 Å². The van der Waals surface area contributed by atoms with Crippen LogP contribution in [0.2, 0.25) is 0 Å². The van der Waals surface area contributed by atoms with Crippen LogP contribution in [0.4, 0.5) is 0 Å². The Balaban J connectivity index is 2.92. The molecular formula is C13H18ClNO2. The molecule has 0 bridgehead atoms. The topological polar surface area (TPSA) is 44.5 Å². The SMILES string of the molecule is CCOc1cccc(CN)c1OC/C(C)=C/Cl. The van der Waals surface area contributed by atoms with Crippen LogP contribution < -0.4 is 15.2 Å². The Morgan fingerprint density at radius 2 is 2.18 bits per heavy atom. The summed E-state index contributed by atoms with van der Waals surface area (Å²) in [5.41, 5.74) is 9.06. The van der Waals surface area contributed by atoms with Crippen molar-refractivity contribution in [2.75, 3.05) is 13.2 Å². The van der Waals surface area contributed by atoms with Crippen molar-refractivity contribution in [2.45, 2.75) is 20.4 Å². The molecule has 1 aromatic carbocycles. The largest absolute Gasteiger partial charge is 0.490 e. The molecule has 0 atom stereocenters. The van der Waals surface area contributed by atoms with Gasteiger partial charge in [0.1, 0.15) is 6.61 Å². The quantitative estimate of drug-likeness (QED) is 0.850. The number of nitrogens with two attached hydrogens (primary N) is 1. The molecule has 0 aliphatic heterocycles. The predicted molar refractivity (Wildman–Crippen MR) is 70.6 cm³/mol. The van der Waals surface area contributed by atoms with Gasteiger partial charge < -0.3 is 15.2 Å². The van der Waals surface area contributed by atoms with E-state index in [2.05, 4.69) is 0 Å². The van der Waals surface area contributed by atoms with Gasteiger partial charge in [-0.1, -0.05) is 23.7 Å². The summed E-state index contributed by atoms with van der Waals surface area (Å²) in [5.74, 6) is 1.42. The normalized spacial score (nSPS) is 11.4. The van der Waals surface area contributed by atoms with E-state index in [1.165, 1.54) is 5.54 Å². The summed E-state index contributed by atoms with van der Waals surface area (Å²) >= 11 is 5.59. The Hall–Kier alpha value is -1.19. The molecule has 0 aromatic heterocycles. The van der Waals surface area contributed by atoms with Crippen LogP contribution in [-0.4, -0.2) is 13.2 Å². The zero-order chi connectivity index (χ0) is 12.7. The molecule has 0 fully saturated rings. The van der Waals surface area contributed by atoms with Gasteiger partial charge >= 0.3 is 0 Å². The number of hydrogen-bond acceptors (Lipinski definition) is 3. The molecule has 0 aliphatic carbocycles. The van der Waals surface area contributed by atoms with E-state index in [-0.39, 0.29) is 0 Å². The van der Waals surface area contributed by atoms with Gasteiger partial charge in [-0.2, -0.15) is 0 Å². The number of ether oxygens (including phenoxy) is 2. The first kappa shape index (κ1) is 13.9. The van der Waals surface area contributed by atoms with Gasteiger partial charge in [0, 0.05) is 17.6 Å². The second-order valence-electron chi connectivity index (χ2n) is 3.63. The van der Waals surface area contributed by atoms with E-state index in [4.69, 9.17) is 26.8 Å². The smallest absolute Gasteiger partial charge is 0.166 e. The fraction of sp³-hybridized carbons (Fsp3) is 0.385. The second-order valence-corrected chi connectivity index (χ2v) is 3.84. The predicted octanol–water partition coefficient (Wildman–Crippen LogP) is 3.07. The first-order valence-electron chi connectivity index (χ1n) is 5.56. The Morgan fingerprint density at radius 3 is 2.76 bits per heavy atom. The van der Waals surface area contributed by atoms with Crippen molar-refractivity contribution in [1.82, 2.24) is 0 Å². The van der Waals surface area contributed by atoms with Crippen molar-refractivity contribution in [3.63, 3.8) is 0 Å². The molecule has 0 saturated carbocycles. The summed E-state index contributed by atoms with van der Waals surface area (Å²) in [6.45, 7) is 5.27. The lowest BCUT2D eigenvalue weighted by Gasteiger charge is -2.15. The number of halogens is 1. The highest BCUT2D eigenvalue weighted by atomic mass is 35.5. The lowest BCUT2D eigenvalue weighted by Crippen LogP contribution is -2.06. The van der Waals surface area contributed by atoms with Gasteiger partial charge in [-0.05, 0) is 25.5 Å². The fourth-order valence-electron chi connectivity index (χ4n) is 1.37. The van der Waals surface area contributed by atoms with Crippen LogP contribution in [0.3, 0.4) is 0 Å². The standard InChI is InChI=1S/C13H18ClNO2/c1-3-16-12-6-4-5-11(8-15)13(12)17-9-10(2)7-14/h4-7H,3,8-9,15H2,1-2H3/b10-7+. The van der Waals surface area contributed by atoms with Crippen LogP contribution in [0.25, 0.3) is 0 Å². The van der Waals surface area contributed by atoms with E-state index < -0.39 is 0 Å². The third kappa shape index (κ3) is 3.95. The van der Waals surface area contributed by atoms with Gasteiger partial charge in [0.15, 0.2) is 11.5 Å². The molecule has 94 valence electrons. The highest BCUT2D eigenvalue weighted by molar-refractivity contribution is 6.25. The van der Waals surface area contributed by atoms with Gasteiger partial charge in [0.25, 0.3) is 0 Å². The molecule has 0 aliphatic rings. The van der Waals surface area contributed by atoms with Crippen molar-refractivity contribution in [3.8, 4) is 11.5 Å². The summed E-state index contributed by atoms with van der Waals surface area (Å²) in [4.78, 5) is 0. The van der Waals surface area contributed by atoms with E-state index >= 15 is 0 Å². The molecule has 0 saturated heterocycles. The molecule has 0 unspecified atom stereocenters. The fourth-order valence-corrected chi connectivity index (χ4v) is 1.44. The van der Waals surface area contributed by atoms with Crippen LogP contribution in [0.15, 0.2) is 29.3 Å². The second kappa shape index (κ2) is 7.20. The van der Waals surface area contributed by atoms with Crippen LogP contribution in [0.1, 0.15) is 19.4 Å². The number of para-hydroxylation sites is 1. The third-order valence-electron chi connectivity index (χ3n) is 2.21. The van der Waals surface area contributed by atoms with E-state index in [0.717, 1.165) is 16.9 Å². The molecule has 2 N–H and O–H groups in total. The summed E-state index contributed by atoms with van der Waals surface area (Å²) in [5, 5.41) is 0. The van der Waals surface area contributed by atoms with Gasteiger partial charge in [0.05, 0.1) is 6.61 Å². The van der Waals surface area contributed by atoms with Gasteiger partial charge in [-0.25, -0.2) is 0 Å². The zero-order valence-electron chi connectivity index (χ0n) is 10.2. The van der Waals surface area contributed by atoms with Crippen LogP contribution in [0.5, 0.6) is 11.5 Å². The van der Waals surface area contributed by atoms with Gasteiger partial charge in [-0.15, -0.1) is 0 Å². The Kier molecular flexibility index (Phi) is 5.87. The molecule has 0 amide bonds. The van der Waals surface area contributed by atoms with Crippen LogP contribution in [-0.2, 0) is 6.54 Å². The highest BCUT2D eigenvalue weighted by Crippen LogP contribution is 2.31. The van der Waals surface area contributed by atoms with Crippen LogP contribution in [0, 0.1) is 0 Å². The van der Waals surface area contributed by atoms with Crippen molar-refractivity contribution < 1.29 is 9.47 Å². The average molecular weight is 256 g/mol. The minimum absolute atomic E-state index is 0.417. The monoisotopic (exact) mass is 255 g/mol. The molecule has 4 heteroatoms. The van der Waals surface area contributed by atoms with Crippen molar-refractivity contribution in [3.05, 3.63) is 34.9 Å². The molecule has 0 radical (unpaired) electrons. The maximum atomic E-state index is 5.71. The number of hydrogen-bond donors (Lipinski definition) is 1. The first-order valence-corrected chi connectivity index (χ1v) is 6.00. The maximum Gasteiger partial charge on any atom is 0.166 e. The van der Waals surface area contributed by atoms with E-state index in [0.29, 0.717) is 25.5 Å². The zero-order valence-corrected chi connectivity index (χ0v) is 11.0. The van der Waals surface area contributed by atoms with Crippen molar-refractivity contribution >= 4 is 11.6 Å². The summed E-state index contributed by atoms with van der Waals surface area (Å²) in [6.07, 6.45) is 0. The minimum Gasteiger partial charge on any atom is -0.490 e. The Bertz CT molecular complexity index is 391. The third-order valence-corrected chi connectivity index (χ3v) is 2.58. The maximum absolute atomic E-state index is 5.71. The van der Waals surface area contributed by atoms with Crippen LogP contribution >= 0.6 is 11.6 Å². The average Bonchev–Trinajstić information content (AvgIpc) is 2.36. The Labute approximate surface area is 107 Å². The molecule has 17 heavy (non-hydrogen) atoms. The van der Waals surface area contributed by atoms with E-state index in [9.17, 15) is 0 Å². The highest BCUT2D eigenvalue weighted by Gasteiger charge is 2.09. The lowest BCUT2D eigenvalue weighted by atomic mass is 10.2. The molecule has 3 nitrogen and oxygen atoms in total. The summed E-state index contributed by atoms with van der Waals surface area (Å²) < 4.78 is 11.2. The number of rotatable bonds is 6. The van der Waals surface area contributed by atoms with Crippen molar-refractivity contribution in [2.24, 2.45) is 5.73 Å². The van der Waals surface area contributed by atoms with Gasteiger partial charge in [-0.3, -0.25) is 0 Å². The number of benzene rings is 1. The molecule has 1 aromatic rings. The summed E-state index contributed by atoms with van der Waals surface area (Å²) in [7, 11) is 0. The molecule has 0 heterocycles. The molecular weight excluding hydrogens is 238 g/mol. The minimum atomic E-state index is 0.417. The van der Waals surface area contributed by atoms with Crippen molar-refractivity contribution in [1.29, 1.82) is 0 Å². The molecule has 0 spiro atoms.